The number of aryl methyl sites for hydroxylation is 1. The number of aromatic nitrogens is 1. The van der Waals surface area contributed by atoms with E-state index < -0.39 is 0 Å². The molecule has 0 radical (unpaired) electrons. The molecule has 2 aliphatic carbocycles. The van der Waals surface area contributed by atoms with Crippen molar-refractivity contribution in [3.05, 3.63) is 109 Å². The van der Waals surface area contributed by atoms with Crippen molar-refractivity contribution >= 4 is 56.5 Å². The van der Waals surface area contributed by atoms with Gasteiger partial charge in [0.2, 0.25) is 11.8 Å². The number of carbonyl (C=O) groups excluding carboxylic acids is 2. The highest BCUT2D eigenvalue weighted by atomic mass is 79.9. The normalized spacial score (nSPS) is 29.0. The number of carbonyl (C=O) groups is 2. The van der Waals surface area contributed by atoms with Crippen LogP contribution in [-0.2, 0) is 16.2 Å². The summed E-state index contributed by atoms with van der Waals surface area (Å²) in [5, 5.41) is 1.01. The highest BCUT2D eigenvalue weighted by molar-refractivity contribution is 9.10. The molecule has 8 rings (SSSR count). The molecule has 2 saturated carbocycles. The van der Waals surface area contributed by atoms with E-state index in [2.05, 4.69) is 27.0 Å². The smallest absolute Gasteiger partial charge is 0.305 e. The minimum atomic E-state index is -0.341. The maximum Gasteiger partial charge on any atom is 0.305 e. The summed E-state index contributed by atoms with van der Waals surface area (Å²) in [6.45, 7) is 2.42. The number of imide groups is 1. The largest absolute Gasteiger partial charge is 0.489 e. The highest BCUT2D eigenvalue weighted by Crippen LogP contribution is 2.69. The second kappa shape index (κ2) is 9.96. The van der Waals surface area contributed by atoms with E-state index in [1.165, 1.54) is 16.2 Å². The quantitative estimate of drug-likeness (QED) is 0.240. The number of benzene rings is 3. The van der Waals surface area contributed by atoms with Crippen molar-refractivity contribution in [2.45, 2.75) is 36.1 Å². The predicted octanol–water partition coefficient (Wildman–Crippen LogP) is 6.76. The molecule has 1 aromatic heterocycles. The van der Waals surface area contributed by atoms with Crippen molar-refractivity contribution < 1.29 is 14.3 Å². The molecule has 3 fully saturated rings. The van der Waals surface area contributed by atoms with E-state index >= 15 is 0 Å². The summed E-state index contributed by atoms with van der Waals surface area (Å²) >= 11 is 6.65. The molecule has 6 unspecified atom stereocenters. The number of rotatable bonds is 5. The Balaban J connectivity index is 1.21. The van der Waals surface area contributed by atoms with E-state index in [1.807, 2.05) is 73.7 Å². The Morgan fingerprint density at radius 1 is 0.952 bits per heavy atom. The number of ether oxygens (including phenoxy) is 1. The number of halogens is 1. The number of hydrogen-bond donors (Lipinski definition) is 1. The number of H-pyrrole nitrogens is 1. The number of nitrogens with zero attached hydrogens (tertiary/aromatic N) is 1. The van der Waals surface area contributed by atoms with Gasteiger partial charge in [-0.3, -0.25) is 19.3 Å². The minimum absolute atomic E-state index is 0.0423. The van der Waals surface area contributed by atoms with Gasteiger partial charge in [-0.25, -0.2) is 0 Å². The van der Waals surface area contributed by atoms with Crippen LogP contribution in [0.3, 0.4) is 0 Å². The maximum absolute atomic E-state index is 14.0. The molecule has 2 amide bonds. The molecule has 7 atom stereocenters. The van der Waals surface area contributed by atoms with Gasteiger partial charge in [0.1, 0.15) is 12.4 Å². The molecule has 4 aliphatic rings. The number of fused-ring (bicyclic) bond motifs is 9. The molecule has 6 nitrogen and oxygen atoms in total. The topological polar surface area (TPSA) is 79.5 Å². The Morgan fingerprint density at radius 3 is 2.45 bits per heavy atom. The Morgan fingerprint density at radius 2 is 1.69 bits per heavy atom. The molecule has 1 N–H and O–H groups in total. The molecule has 9 heteroatoms. The van der Waals surface area contributed by atoms with Crippen molar-refractivity contribution in [2.75, 3.05) is 4.90 Å². The molecular formula is C33H27BrN2O4S2. The van der Waals surface area contributed by atoms with Crippen LogP contribution >= 0.6 is 39.0 Å². The van der Waals surface area contributed by atoms with Gasteiger partial charge >= 0.3 is 4.87 Å². The van der Waals surface area contributed by atoms with Gasteiger partial charge in [-0.15, -0.1) is 11.8 Å². The van der Waals surface area contributed by atoms with Crippen molar-refractivity contribution in [3.63, 3.8) is 0 Å². The lowest BCUT2D eigenvalue weighted by Gasteiger charge is -2.43. The number of thiazole rings is 1. The summed E-state index contributed by atoms with van der Waals surface area (Å²) < 4.78 is 7.38. The van der Waals surface area contributed by atoms with Gasteiger partial charge < -0.3 is 9.72 Å². The third kappa shape index (κ3) is 4.00. The Kier molecular flexibility index (Phi) is 6.28. The number of nitrogens with one attached hydrogen (secondary N) is 1. The average Bonchev–Trinajstić information content (AvgIpc) is 3.72. The van der Waals surface area contributed by atoms with E-state index in [-0.39, 0.29) is 57.4 Å². The van der Waals surface area contributed by atoms with Crippen LogP contribution in [0.2, 0.25) is 0 Å². The highest BCUT2D eigenvalue weighted by Gasteiger charge is 2.69. The van der Waals surface area contributed by atoms with E-state index in [0.29, 0.717) is 12.3 Å². The lowest BCUT2D eigenvalue weighted by Crippen LogP contribution is -2.42. The third-order valence-corrected chi connectivity index (χ3v) is 12.6. The van der Waals surface area contributed by atoms with Crippen molar-refractivity contribution in [3.8, 4) is 5.75 Å². The lowest BCUT2D eigenvalue weighted by atomic mass is 9.68. The number of thioether (sulfide) groups is 1. The minimum Gasteiger partial charge on any atom is -0.489 e. The zero-order valence-corrected chi connectivity index (χ0v) is 25.9. The molecule has 3 heterocycles. The zero-order chi connectivity index (χ0) is 28.7. The first kappa shape index (κ1) is 26.5. The zero-order valence-electron chi connectivity index (χ0n) is 22.7. The van der Waals surface area contributed by atoms with E-state index in [4.69, 9.17) is 4.74 Å². The van der Waals surface area contributed by atoms with Gasteiger partial charge in [-0.2, -0.15) is 0 Å². The van der Waals surface area contributed by atoms with E-state index in [0.717, 1.165) is 43.2 Å². The van der Waals surface area contributed by atoms with Crippen LogP contribution in [0.4, 0.5) is 5.69 Å². The standard InChI is InChI=1S/C33H27BrN2O4S2/c1-16-7-10-19(11-8-16)36-31(37)26-21-14-22(27(26)32(36)38)28-25(21)24(29-30(41-28)35-33(39)42-29)20-13-18(34)9-12-23(20)40-15-17-5-3-2-4-6-17/h2-13,21-22,24-28H,14-15H2,1H3,(H,35,39)/t21?,22?,24-,25?,26?,27?,28?/m1/s1. The van der Waals surface area contributed by atoms with Crippen molar-refractivity contribution in [1.82, 2.24) is 4.98 Å². The third-order valence-electron chi connectivity index (χ3n) is 9.56. The van der Waals surface area contributed by atoms with Gasteiger partial charge in [-0.05, 0) is 67.0 Å². The molecule has 2 bridgehead atoms. The predicted molar refractivity (Wildman–Crippen MR) is 167 cm³/mol. The van der Waals surface area contributed by atoms with Crippen molar-refractivity contribution in [1.29, 1.82) is 0 Å². The second-order valence-electron chi connectivity index (χ2n) is 11.8. The fraction of sp³-hybridized carbons (Fsp3) is 0.303. The van der Waals surface area contributed by atoms with Gasteiger partial charge in [0.15, 0.2) is 0 Å². The summed E-state index contributed by atoms with van der Waals surface area (Å²) in [6, 6.07) is 23.8. The molecular weight excluding hydrogens is 632 g/mol. The number of hydrogen-bond acceptors (Lipinski definition) is 6. The molecule has 1 saturated heterocycles. The first-order valence-corrected chi connectivity index (χ1v) is 16.7. The van der Waals surface area contributed by atoms with E-state index in [1.54, 1.807) is 11.8 Å². The van der Waals surface area contributed by atoms with Crippen LogP contribution < -0.4 is 14.5 Å². The Labute approximate surface area is 259 Å². The van der Waals surface area contributed by atoms with Crippen LogP contribution in [0.5, 0.6) is 5.75 Å². The summed E-state index contributed by atoms with van der Waals surface area (Å²) in [5.74, 6) is 0.0606. The van der Waals surface area contributed by atoms with Crippen LogP contribution in [0, 0.1) is 36.5 Å². The molecule has 212 valence electrons. The van der Waals surface area contributed by atoms with Crippen LogP contribution in [-0.4, -0.2) is 22.0 Å². The maximum atomic E-state index is 14.0. The molecule has 4 aromatic rings. The summed E-state index contributed by atoms with van der Waals surface area (Å²) in [4.78, 5) is 46.1. The summed E-state index contributed by atoms with van der Waals surface area (Å²) in [7, 11) is 0. The number of amides is 2. The number of anilines is 1. The Hall–Kier alpha value is -3.14. The second-order valence-corrected chi connectivity index (χ2v) is 14.9. The monoisotopic (exact) mass is 658 g/mol. The van der Waals surface area contributed by atoms with Crippen LogP contribution in [0.1, 0.15) is 33.9 Å². The van der Waals surface area contributed by atoms with Crippen LogP contribution in [0.25, 0.3) is 0 Å². The van der Waals surface area contributed by atoms with E-state index in [9.17, 15) is 14.4 Å². The lowest BCUT2D eigenvalue weighted by molar-refractivity contribution is -0.123. The van der Waals surface area contributed by atoms with Gasteiger partial charge in [0.25, 0.3) is 0 Å². The van der Waals surface area contributed by atoms with Gasteiger partial charge in [-0.1, -0.05) is 75.3 Å². The number of aromatic amines is 1. The first-order chi connectivity index (χ1) is 20.4. The fourth-order valence-corrected chi connectivity index (χ4v) is 11.2. The molecule has 0 spiro atoms. The SMILES string of the molecule is Cc1ccc(N2C(=O)C3C4CC(C3C2=O)C2C4Sc3[nH]c(=O)sc3[C@@H]2c2cc(Br)ccc2OCc2ccccc2)cc1. The van der Waals surface area contributed by atoms with Crippen molar-refractivity contribution in [2.24, 2.45) is 29.6 Å². The average molecular weight is 660 g/mol. The fourth-order valence-electron chi connectivity index (χ4n) is 7.94. The Bertz CT molecular complexity index is 1790. The molecule has 3 aromatic carbocycles. The van der Waals surface area contributed by atoms with Gasteiger partial charge in [0, 0.05) is 26.1 Å². The summed E-state index contributed by atoms with van der Waals surface area (Å²) in [6.07, 6.45) is 0.848. The first-order valence-electron chi connectivity index (χ1n) is 14.2. The van der Waals surface area contributed by atoms with Crippen LogP contribution in [0.15, 0.2) is 87.1 Å². The van der Waals surface area contributed by atoms with Gasteiger partial charge in [0.05, 0.1) is 22.5 Å². The summed E-state index contributed by atoms with van der Waals surface area (Å²) in [5.41, 5.74) is 3.83. The molecule has 2 aliphatic heterocycles. The molecule has 42 heavy (non-hydrogen) atoms.